The molecular formula is C21H23N3O5S. The molecule has 0 saturated carbocycles. The normalized spacial score (nSPS) is 15.8. The van der Waals surface area contributed by atoms with Crippen molar-refractivity contribution in [3.8, 4) is 22.8 Å². The standard InChI is InChI=1S/C21H23N3O5S/c1-27-19-3-2-15(12-20(19)29-17-5-10-28-13-17)18-4-7-22-24(18)9-8-23(21(25)26)16-6-11-30-14-16/h2-4,6-7,11-12,14,17H,5,8-10,13H2,1H3,(H,25,26)/t17-/m1/s1. The number of amides is 1. The van der Waals surface area contributed by atoms with E-state index in [1.165, 1.54) is 16.2 Å². The minimum absolute atomic E-state index is 0.00814. The van der Waals surface area contributed by atoms with Gasteiger partial charge in [-0.25, -0.2) is 4.79 Å². The van der Waals surface area contributed by atoms with Crippen LogP contribution < -0.4 is 14.4 Å². The van der Waals surface area contributed by atoms with Crippen LogP contribution in [-0.2, 0) is 11.3 Å². The van der Waals surface area contributed by atoms with Gasteiger partial charge in [0.15, 0.2) is 11.5 Å². The first-order valence-electron chi connectivity index (χ1n) is 9.63. The van der Waals surface area contributed by atoms with Gasteiger partial charge in [-0.2, -0.15) is 16.4 Å². The van der Waals surface area contributed by atoms with E-state index in [0.29, 0.717) is 43.5 Å². The molecule has 1 aromatic carbocycles. The summed E-state index contributed by atoms with van der Waals surface area (Å²) in [7, 11) is 1.61. The Labute approximate surface area is 178 Å². The van der Waals surface area contributed by atoms with E-state index in [0.717, 1.165) is 17.7 Å². The number of aromatic nitrogens is 2. The van der Waals surface area contributed by atoms with Crippen molar-refractivity contribution in [2.75, 3.05) is 31.8 Å². The lowest BCUT2D eigenvalue weighted by Gasteiger charge is -2.19. The smallest absolute Gasteiger partial charge is 0.411 e. The molecule has 30 heavy (non-hydrogen) atoms. The fourth-order valence-corrected chi connectivity index (χ4v) is 4.05. The number of hydrogen-bond acceptors (Lipinski definition) is 6. The van der Waals surface area contributed by atoms with E-state index < -0.39 is 6.09 Å². The highest BCUT2D eigenvalue weighted by molar-refractivity contribution is 7.08. The van der Waals surface area contributed by atoms with Crippen molar-refractivity contribution in [2.24, 2.45) is 0 Å². The molecule has 0 bridgehead atoms. The van der Waals surface area contributed by atoms with E-state index in [-0.39, 0.29) is 6.10 Å². The summed E-state index contributed by atoms with van der Waals surface area (Å²) in [5.41, 5.74) is 2.46. The number of hydrogen-bond donors (Lipinski definition) is 1. The molecule has 1 atom stereocenters. The van der Waals surface area contributed by atoms with E-state index in [1.54, 1.807) is 24.1 Å². The highest BCUT2D eigenvalue weighted by Crippen LogP contribution is 2.34. The SMILES string of the molecule is COc1ccc(-c2ccnn2CCN(C(=O)O)c2ccsc2)cc1O[C@@H]1CCOC1. The molecule has 1 saturated heterocycles. The van der Waals surface area contributed by atoms with Gasteiger partial charge >= 0.3 is 6.09 Å². The predicted molar refractivity (Wildman–Crippen MR) is 114 cm³/mol. The lowest BCUT2D eigenvalue weighted by atomic mass is 10.1. The molecule has 1 N–H and O–H groups in total. The predicted octanol–water partition coefficient (Wildman–Crippen LogP) is 3.97. The van der Waals surface area contributed by atoms with E-state index >= 15 is 0 Å². The van der Waals surface area contributed by atoms with Crippen LogP contribution in [0.4, 0.5) is 10.5 Å². The summed E-state index contributed by atoms with van der Waals surface area (Å²) >= 11 is 1.46. The summed E-state index contributed by atoms with van der Waals surface area (Å²) < 4.78 is 18.7. The monoisotopic (exact) mass is 429 g/mol. The molecule has 0 aliphatic carbocycles. The van der Waals surface area contributed by atoms with Gasteiger partial charge in [0.25, 0.3) is 0 Å². The maximum atomic E-state index is 11.7. The Morgan fingerprint density at radius 1 is 1.37 bits per heavy atom. The highest BCUT2D eigenvalue weighted by atomic mass is 32.1. The minimum Gasteiger partial charge on any atom is -0.493 e. The van der Waals surface area contributed by atoms with Crippen LogP contribution in [0.5, 0.6) is 11.5 Å². The van der Waals surface area contributed by atoms with E-state index in [1.807, 2.05) is 35.0 Å². The number of thiophene rings is 1. The average molecular weight is 429 g/mol. The third kappa shape index (κ3) is 4.42. The van der Waals surface area contributed by atoms with Gasteiger partial charge in [-0.1, -0.05) is 0 Å². The summed E-state index contributed by atoms with van der Waals surface area (Å²) in [4.78, 5) is 13.0. The van der Waals surface area contributed by atoms with Gasteiger partial charge < -0.3 is 19.3 Å². The molecule has 1 fully saturated rings. The highest BCUT2D eigenvalue weighted by Gasteiger charge is 2.20. The molecule has 2 aromatic heterocycles. The Hall–Kier alpha value is -3.04. The van der Waals surface area contributed by atoms with Gasteiger partial charge in [0, 0.05) is 30.1 Å². The van der Waals surface area contributed by atoms with E-state index in [2.05, 4.69) is 5.10 Å². The summed E-state index contributed by atoms with van der Waals surface area (Å²) in [5, 5.41) is 17.6. The topological polar surface area (TPSA) is 86.1 Å². The Morgan fingerprint density at radius 2 is 2.27 bits per heavy atom. The largest absolute Gasteiger partial charge is 0.493 e. The third-order valence-corrected chi connectivity index (χ3v) is 5.61. The molecule has 158 valence electrons. The summed E-state index contributed by atoms with van der Waals surface area (Å²) in [6.07, 6.45) is 1.58. The molecule has 1 amide bonds. The summed E-state index contributed by atoms with van der Waals surface area (Å²) in [6.45, 7) is 1.98. The van der Waals surface area contributed by atoms with E-state index in [9.17, 15) is 9.90 Å². The number of ether oxygens (including phenoxy) is 3. The molecule has 3 heterocycles. The van der Waals surface area contributed by atoms with Crippen LogP contribution in [0.15, 0.2) is 47.3 Å². The second-order valence-electron chi connectivity index (χ2n) is 6.82. The zero-order valence-corrected chi connectivity index (χ0v) is 17.4. The van der Waals surface area contributed by atoms with Crippen LogP contribution in [0.3, 0.4) is 0 Å². The number of anilines is 1. The van der Waals surface area contributed by atoms with Crippen LogP contribution in [0.25, 0.3) is 11.3 Å². The molecular weight excluding hydrogens is 406 g/mol. The Morgan fingerprint density at radius 3 is 2.97 bits per heavy atom. The van der Waals surface area contributed by atoms with Gasteiger partial charge in [0.05, 0.1) is 38.2 Å². The first kappa shape index (κ1) is 20.2. The van der Waals surface area contributed by atoms with Crippen LogP contribution in [0.1, 0.15) is 6.42 Å². The zero-order chi connectivity index (χ0) is 20.9. The zero-order valence-electron chi connectivity index (χ0n) is 16.6. The average Bonchev–Trinajstić information content (AvgIpc) is 3.51. The van der Waals surface area contributed by atoms with Gasteiger partial charge in [0.1, 0.15) is 6.10 Å². The second kappa shape index (κ2) is 9.19. The maximum absolute atomic E-state index is 11.7. The maximum Gasteiger partial charge on any atom is 0.411 e. The second-order valence-corrected chi connectivity index (χ2v) is 7.60. The first-order valence-corrected chi connectivity index (χ1v) is 10.6. The van der Waals surface area contributed by atoms with Gasteiger partial charge in [-0.15, -0.1) is 0 Å². The van der Waals surface area contributed by atoms with Gasteiger partial charge in [0.2, 0.25) is 0 Å². The molecule has 1 aliphatic heterocycles. The lowest BCUT2D eigenvalue weighted by Crippen LogP contribution is -2.32. The Kier molecular flexibility index (Phi) is 6.20. The third-order valence-electron chi connectivity index (χ3n) is 4.94. The quantitative estimate of drug-likeness (QED) is 0.583. The lowest BCUT2D eigenvalue weighted by molar-refractivity contribution is 0.138. The number of rotatable bonds is 8. The van der Waals surface area contributed by atoms with Crippen molar-refractivity contribution in [1.82, 2.24) is 9.78 Å². The van der Waals surface area contributed by atoms with Crippen molar-refractivity contribution in [3.63, 3.8) is 0 Å². The number of methoxy groups -OCH3 is 1. The molecule has 9 heteroatoms. The van der Waals surface area contributed by atoms with Gasteiger partial charge in [-0.05, 0) is 35.7 Å². The summed E-state index contributed by atoms with van der Waals surface area (Å²) in [6, 6.07) is 9.44. The number of nitrogens with zero attached hydrogens (tertiary/aromatic N) is 3. The summed E-state index contributed by atoms with van der Waals surface area (Å²) in [5.74, 6) is 1.31. The fourth-order valence-electron chi connectivity index (χ4n) is 3.41. The van der Waals surface area contributed by atoms with Gasteiger partial charge in [-0.3, -0.25) is 9.58 Å². The molecule has 0 radical (unpaired) electrons. The number of carbonyl (C=O) groups is 1. The molecule has 4 rings (SSSR count). The molecule has 0 spiro atoms. The first-order chi connectivity index (χ1) is 14.7. The van der Waals surface area contributed by atoms with Crippen molar-refractivity contribution in [1.29, 1.82) is 0 Å². The fraction of sp³-hybridized carbons (Fsp3) is 0.333. The van der Waals surface area contributed by atoms with Crippen LogP contribution in [0, 0.1) is 0 Å². The van der Waals surface area contributed by atoms with Crippen molar-refractivity contribution >= 4 is 23.1 Å². The van der Waals surface area contributed by atoms with Crippen molar-refractivity contribution in [2.45, 2.75) is 19.1 Å². The van der Waals surface area contributed by atoms with Crippen molar-refractivity contribution < 1.29 is 24.1 Å². The van der Waals surface area contributed by atoms with E-state index in [4.69, 9.17) is 14.2 Å². The Balaban J connectivity index is 1.54. The molecule has 0 unspecified atom stereocenters. The Bertz CT molecular complexity index is 982. The molecule has 3 aromatic rings. The number of carboxylic acid groups (broad SMARTS) is 1. The minimum atomic E-state index is -0.985. The van der Waals surface area contributed by atoms with Crippen LogP contribution in [0.2, 0.25) is 0 Å². The molecule has 1 aliphatic rings. The van der Waals surface area contributed by atoms with Crippen molar-refractivity contribution in [3.05, 3.63) is 47.3 Å². The molecule has 8 nitrogen and oxygen atoms in total. The number of benzene rings is 1. The van der Waals surface area contributed by atoms with Crippen LogP contribution in [-0.4, -0.2) is 54.0 Å². The van der Waals surface area contributed by atoms with Crippen LogP contribution >= 0.6 is 11.3 Å².